The summed E-state index contributed by atoms with van der Waals surface area (Å²) in [4.78, 5) is 16.6. The third-order valence-electron chi connectivity index (χ3n) is 2.26. The van der Waals surface area contributed by atoms with Crippen LogP contribution < -0.4 is 5.32 Å². The average molecular weight is 222 g/mol. The van der Waals surface area contributed by atoms with Crippen molar-refractivity contribution in [2.75, 3.05) is 0 Å². The summed E-state index contributed by atoms with van der Waals surface area (Å²) in [7, 11) is 0. The Hall–Kier alpha value is -1.91. The fourth-order valence-corrected chi connectivity index (χ4v) is 1.21. The molecule has 0 aliphatic carbocycles. The summed E-state index contributed by atoms with van der Waals surface area (Å²) in [6.07, 6.45) is 0. The molecule has 0 aromatic heterocycles. The molecule has 2 rings (SSSR count). The number of halogens is 1. The van der Waals surface area contributed by atoms with E-state index in [1.807, 2.05) is 0 Å². The van der Waals surface area contributed by atoms with Crippen molar-refractivity contribution >= 4 is 11.7 Å². The lowest BCUT2D eigenvalue weighted by Gasteiger charge is -2.26. The van der Waals surface area contributed by atoms with Crippen molar-refractivity contribution in [3.8, 4) is 0 Å². The molecule has 1 amide bonds. The van der Waals surface area contributed by atoms with Crippen LogP contribution in [0.2, 0.25) is 0 Å². The Morgan fingerprint density at radius 3 is 2.50 bits per heavy atom. The molecule has 0 bridgehead atoms. The third kappa shape index (κ3) is 1.88. The van der Waals surface area contributed by atoms with Crippen LogP contribution in [0.3, 0.4) is 0 Å². The molecule has 0 atom stereocenters. The van der Waals surface area contributed by atoms with E-state index >= 15 is 0 Å². The molecule has 0 fully saturated rings. The van der Waals surface area contributed by atoms with E-state index in [0.29, 0.717) is 11.4 Å². The molecule has 1 aromatic rings. The molecular formula is C11H11FN2O2. The fraction of sp³-hybridized carbons (Fsp3) is 0.273. The number of oxime groups is 1. The van der Waals surface area contributed by atoms with Crippen molar-refractivity contribution < 1.29 is 14.0 Å². The first-order valence-corrected chi connectivity index (χ1v) is 4.82. The minimum absolute atomic E-state index is 0.276. The van der Waals surface area contributed by atoms with Gasteiger partial charge in [-0.2, -0.15) is 0 Å². The van der Waals surface area contributed by atoms with Gasteiger partial charge in [0.15, 0.2) is 5.84 Å². The van der Waals surface area contributed by atoms with Crippen molar-refractivity contribution in [1.29, 1.82) is 0 Å². The van der Waals surface area contributed by atoms with E-state index in [9.17, 15) is 9.18 Å². The number of rotatable bonds is 1. The molecule has 0 saturated heterocycles. The summed E-state index contributed by atoms with van der Waals surface area (Å²) in [6, 6.07) is 5.64. The Balaban J connectivity index is 2.28. The van der Waals surface area contributed by atoms with Gasteiger partial charge in [-0.1, -0.05) is 5.16 Å². The Morgan fingerprint density at radius 2 is 1.94 bits per heavy atom. The number of benzene rings is 1. The first-order valence-electron chi connectivity index (χ1n) is 4.82. The van der Waals surface area contributed by atoms with Gasteiger partial charge in [-0.25, -0.2) is 4.39 Å². The minimum atomic E-state index is -0.969. The van der Waals surface area contributed by atoms with Crippen LogP contribution in [0, 0.1) is 5.82 Å². The minimum Gasteiger partial charge on any atom is -0.378 e. The van der Waals surface area contributed by atoms with E-state index in [4.69, 9.17) is 4.84 Å². The second-order valence-electron chi connectivity index (χ2n) is 4.00. The van der Waals surface area contributed by atoms with Gasteiger partial charge in [-0.15, -0.1) is 0 Å². The van der Waals surface area contributed by atoms with E-state index in [2.05, 4.69) is 10.5 Å². The van der Waals surface area contributed by atoms with Crippen LogP contribution in [0.5, 0.6) is 0 Å². The number of hydrogen-bond acceptors (Lipinski definition) is 3. The molecule has 1 aliphatic heterocycles. The van der Waals surface area contributed by atoms with Crippen LogP contribution in [-0.2, 0) is 9.63 Å². The number of hydrogen-bond donors (Lipinski definition) is 1. The predicted molar refractivity (Wildman–Crippen MR) is 56.2 cm³/mol. The number of nitrogens with zero attached hydrogens (tertiary/aromatic N) is 1. The molecule has 84 valence electrons. The molecule has 1 aromatic carbocycles. The summed E-state index contributed by atoms with van der Waals surface area (Å²) >= 11 is 0. The molecule has 1 heterocycles. The van der Waals surface area contributed by atoms with Crippen molar-refractivity contribution in [1.82, 2.24) is 5.32 Å². The second-order valence-corrected chi connectivity index (χ2v) is 4.00. The smallest absolute Gasteiger partial charge is 0.272 e. The highest BCUT2D eigenvalue weighted by Gasteiger charge is 2.34. The maximum absolute atomic E-state index is 12.7. The zero-order valence-electron chi connectivity index (χ0n) is 8.95. The maximum atomic E-state index is 12.7. The highest BCUT2D eigenvalue weighted by Crippen LogP contribution is 2.15. The number of carbonyl (C=O) groups excluding carboxylic acids is 1. The topological polar surface area (TPSA) is 50.7 Å². The number of amides is 1. The van der Waals surface area contributed by atoms with Gasteiger partial charge >= 0.3 is 0 Å². The normalized spacial score (nSPS) is 18.4. The van der Waals surface area contributed by atoms with Crippen molar-refractivity contribution in [2.24, 2.45) is 5.16 Å². The van der Waals surface area contributed by atoms with Crippen molar-refractivity contribution in [3.63, 3.8) is 0 Å². The standard InChI is InChI=1S/C11H11FN2O2/c1-11(2)10(15)13-9(14-16-11)7-3-5-8(12)6-4-7/h3-6H,1-2H3,(H,13,14,15). The maximum Gasteiger partial charge on any atom is 0.272 e. The van der Waals surface area contributed by atoms with Gasteiger partial charge in [-0.3, -0.25) is 4.79 Å². The molecule has 16 heavy (non-hydrogen) atoms. The van der Waals surface area contributed by atoms with Gasteiger partial charge in [0.05, 0.1) is 0 Å². The lowest BCUT2D eigenvalue weighted by Crippen LogP contribution is -2.50. The monoisotopic (exact) mass is 222 g/mol. The molecule has 0 radical (unpaired) electrons. The van der Waals surface area contributed by atoms with E-state index in [-0.39, 0.29) is 11.7 Å². The lowest BCUT2D eigenvalue weighted by atomic mass is 10.1. The molecule has 1 N–H and O–H groups in total. The van der Waals surface area contributed by atoms with Crippen LogP contribution >= 0.6 is 0 Å². The van der Waals surface area contributed by atoms with E-state index in [1.165, 1.54) is 24.3 Å². The summed E-state index contributed by atoms with van der Waals surface area (Å²) in [5.74, 6) is -0.320. The van der Waals surface area contributed by atoms with Gasteiger partial charge in [0, 0.05) is 5.56 Å². The number of nitrogens with one attached hydrogen (secondary N) is 1. The highest BCUT2D eigenvalue weighted by atomic mass is 19.1. The molecule has 5 heteroatoms. The van der Waals surface area contributed by atoms with Crippen LogP contribution in [0.15, 0.2) is 29.4 Å². The van der Waals surface area contributed by atoms with Crippen LogP contribution in [0.25, 0.3) is 0 Å². The molecule has 0 unspecified atom stereocenters. The summed E-state index contributed by atoms with van der Waals surface area (Å²) in [5, 5.41) is 6.40. The van der Waals surface area contributed by atoms with Crippen LogP contribution in [0.1, 0.15) is 19.4 Å². The fourth-order valence-electron chi connectivity index (χ4n) is 1.21. The van der Waals surface area contributed by atoms with Gasteiger partial charge < -0.3 is 10.2 Å². The van der Waals surface area contributed by atoms with E-state index in [0.717, 1.165) is 0 Å². The molecule has 0 saturated carbocycles. The molecule has 4 nitrogen and oxygen atoms in total. The zero-order valence-corrected chi connectivity index (χ0v) is 8.95. The van der Waals surface area contributed by atoms with Crippen molar-refractivity contribution in [2.45, 2.75) is 19.4 Å². The Bertz CT molecular complexity index is 452. The highest BCUT2D eigenvalue weighted by molar-refractivity contribution is 6.10. The number of amidine groups is 1. The van der Waals surface area contributed by atoms with E-state index in [1.54, 1.807) is 13.8 Å². The lowest BCUT2D eigenvalue weighted by molar-refractivity contribution is -0.143. The first-order chi connectivity index (χ1) is 7.49. The zero-order chi connectivity index (χ0) is 11.8. The van der Waals surface area contributed by atoms with Gasteiger partial charge in [-0.05, 0) is 38.1 Å². The molecule has 1 aliphatic rings. The van der Waals surface area contributed by atoms with Crippen LogP contribution in [-0.4, -0.2) is 17.3 Å². The summed E-state index contributed by atoms with van der Waals surface area (Å²) in [6.45, 7) is 3.24. The number of carbonyl (C=O) groups is 1. The van der Waals surface area contributed by atoms with Gasteiger partial charge in [0.2, 0.25) is 5.60 Å². The Labute approximate surface area is 92.1 Å². The Morgan fingerprint density at radius 1 is 1.31 bits per heavy atom. The Kier molecular flexibility index (Phi) is 2.38. The third-order valence-corrected chi connectivity index (χ3v) is 2.26. The predicted octanol–water partition coefficient (Wildman–Crippen LogP) is 1.41. The van der Waals surface area contributed by atoms with Gasteiger partial charge in [0.25, 0.3) is 5.91 Å². The summed E-state index contributed by atoms with van der Waals surface area (Å²) < 4.78 is 12.7. The first kappa shape index (κ1) is 10.6. The van der Waals surface area contributed by atoms with Crippen molar-refractivity contribution in [3.05, 3.63) is 35.6 Å². The van der Waals surface area contributed by atoms with Crippen LogP contribution in [0.4, 0.5) is 4.39 Å². The SMILES string of the molecule is CC1(C)ON=C(c2ccc(F)cc2)NC1=O. The van der Waals surface area contributed by atoms with Gasteiger partial charge in [0.1, 0.15) is 5.82 Å². The second kappa shape index (κ2) is 3.59. The average Bonchev–Trinajstić information content (AvgIpc) is 2.24. The van der Waals surface area contributed by atoms with E-state index < -0.39 is 5.60 Å². The molecular weight excluding hydrogens is 211 g/mol. The largest absolute Gasteiger partial charge is 0.378 e. The molecule has 0 spiro atoms. The quantitative estimate of drug-likeness (QED) is 0.781. The summed E-state index contributed by atoms with van der Waals surface area (Å²) in [5.41, 5.74) is -0.367.